The van der Waals surface area contributed by atoms with E-state index < -0.39 is 0 Å². The third kappa shape index (κ3) is 3.85. The van der Waals surface area contributed by atoms with Gasteiger partial charge in [0.1, 0.15) is 5.03 Å². The zero-order valence-electron chi connectivity index (χ0n) is 15.2. The van der Waals surface area contributed by atoms with Gasteiger partial charge in [0.05, 0.1) is 11.3 Å². The standard InChI is InChI=1S/C21H20N2O3S/c1-3-14-9-15-5-4-13(2)8-17(15)23-21(14)27-11-20(24)22-16-6-7-18-19(10-16)26-12-25-18/h4-10H,3,11-12H2,1-2H3,(H,22,24). The summed E-state index contributed by atoms with van der Waals surface area (Å²) in [6.45, 7) is 4.38. The fraction of sp³-hybridized carbons (Fsp3) is 0.238. The van der Waals surface area contributed by atoms with Crippen molar-refractivity contribution in [3.63, 3.8) is 0 Å². The Hall–Kier alpha value is -2.73. The van der Waals surface area contributed by atoms with E-state index in [4.69, 9.17) is 14.5 Å². The lowest BCUT2D eigenvalue weighted by Gasteiger charge is -2.10. The molecule has 0 atom stereocenters. The topological polar surface area (TPSA) is 60.5 Å². The molecule has 2 aromatic carbocycles. The van der Waals surface area contributed by atoms with Crippen molar-refractivity contribution in [1.29, 1.82) is 0 Å². The summed E-state index contributed by atoms with van der Waals surface area (Å²) in [5.41, 5.74) is 4.00. The Morgan fingerprint density at radius 3 is 2.85 bits per heavy atom. The van der Waals surface area contributed by atoms with Crippen LogP contribution in [0, 0.1) is 6.92 Å². The lowest BCUT2D eigenvalue weighted by molar-refractivity contribution is -0.113. The largest absolute Gasteiger partial charge is 0.454 e. The van der Waals surface area contributed by atoms with Crippen molar-refractivity contribution in [2.75, 3.05) is 17.9 Å². The zero-order valence-corrected chi connectivity index (χ0v) is 16.1. The van der Waals surface area contributed by atoms with Crippen LogP contribution in [0.5, 0.6) is 11.5 Å². The van der Waals surface area contributed by atoms with Gasteiger partial charge in [-0.05, 0) is 48.7 Å². The number of benzene rings is 2. The van der Waals surface area contributed by atoms with Gasteiger partial charge in [-0.2, -0.15) is 0 Å². The molecule has 0 spiro atoms. The number of carbonyl (C=O) groups is 1. The minimum absolute atomic E-state index is 0.0768. The lowest BCUT2D eigenvalue weighted by Crippen LogP contribution is -2.14. The fourth-order valence-electron chi connectivity index (χ4n) is 2.99. The van der Waals surface area contributed by atoms with E-state index in [0.29, 0.717) is 22.9 Å². The van der Waals surface area contributed by atoms with Crippen molar-refractivity contribution in [2.45, 2.75) is 25.3 Å². The summed E-state index contributed by atoms with van der Waals surface area (Å²) in [6.07, 6.45) is 0.878. The van der Waals surface area contributed by atoms with E-state index in [1.165, 1.54) is 17.3 Å². The van der Waals surface area contributed by atoms with E-state index in [2.05, 4.69) is 43.4 Å². The summed E-state index contributed by atoms with van der Waals surface area (Å²) in [4.78, 5) is 17.2. The van der Waals surface area contributed by atoms with Gasteiger partial charge in [0, 0.05) is 17.1 Å². The number of nitrogens with zero attached hydrogens (tertiary/aromatic N) is 1. The maximum Gasteiger partial charge on any atom is 0.234 e. The van der Waals surface area contributed by atoms with Crippen LogP contribution >= 0.6 is 11.8 Å². The molecule has 0 bridgehead atoms. The quantitative estimate of drug-likeness (QED) is 0.657. The number of fused-ring (bicyclic) bond motifs is 2. The van der Waals surface area contributed by atoms with Crippen molar-refractivity contribution >= 4 is 34.3 Å². The molecule has 6 heteroatoms. The predicted molar refractivity (Wildman–Crippen MR) is 108 cm³/mol. The Morgan fingerprint density at radius 2 is 2.00 bits per heavy atom. The first-order chi connectivity index (χ1) is 13.1. The van der Waals surface area contributed by atoms with Crippen LogP contribution in [0.25, 0.3) is 10.9 Å². The number of hydrogen-bond donors (Lipinski definition) is 1. The maximum absolute atomic E-state index is 12.4. The van der Waals surface area contributed by atoms with Crippen LogP contribution in [0.15, 0.2) is 47.5 Å². The summed E-state index contributed by atoms with van der Waals surface area (Å²) in [7, 11) is 0. The fourth-order valence-corrected chi connectivity index (χ4v) is 3.88. The zero-order chi connectivity index (χ0) is 18.8. The summed E-state index contributed by atoms with van der Waals surface area (Å²) < 4.78 is 10.6. The van der Waals surface area contributed by atoms with Gasteiger partial charge >= 0.3 is 0 Å². The minimum atomic E-state index is -0.0768. The number of anilines is 1. The molecule has 1 aliphatic heterocycles. The number of pyridine rings is 1. The molecular formula is C21H20N2O3S. The van der Waals surface area contributed by atoms with Crippen LogP contribution in [0.3, 0.4) is 0 Å². The molecule has 1 aliphatic rings. The van der Waals surface area contributed by atoms with Gasteiger partial charge in [-0.1, -0.05) is 30.8 Å². The molecule has 1 amide bonds. The normalized spacial score (nSPS) is 12.4. The molecule has 1 aromatic heterocycles. The monoisotopic (exact) mass is 380 g/mol. The minimum Gasteiger partial charge on any atom is -0.454 e. The van der Waals surface area contributed by atoms with Gasteiger partial charge in [0.25, 0.3) is 0 Å². The summed E-state index contributed by atoms with van der Waals surface area (Å²) >= 11 is 1.47. The second-order valence-corrected chi connectivity index (χ2v) is 7.37. The van der Waals surface area contributed by atoms with Crippen LogP contribution in [0.2, 0.25) is 0 Å². The molecule has 3 aromatic rings. The molecule has 0 saturated carbocycles. The van der Waals surface area contributed by atoms with E-state index in [9.17, 15) is 4.79 Å². The molecule has 4 rings (SSSR count). The lowest BCUT2D eigenvalue weighted by atomic mass is 10.1. The average molecular weight is 380 g/mol. The van der Waals surface area contributed by atoms with Crippen molar-refractivity contribution < 1.29 is 14.3 Å². The Bertz CT molecular complexity index is 1020. The number of ether oxygens (including phenoxy) is 2. The molecule has 138 valence electrons. The number of carbonyl (C=O) groups excluding carboxylic acids is 1. The van der Waals surface area contributed by atoms with Crippen LogP contribution in [0.1, 0.15) is 18.1 Å². The van der Waals surface area contributed by atoms with Gasteiger partial charge in [0.15, 0.2) is 11.5 Å². The van der Waals surface area contributed by atoms with Gasteiger partial charge in [0.2, 0.25) is 12.7 Å². The predicted octanol–water partition coefficient (Wildman–Crippen LogP) is 4.57. The highest BCUT2D eigenvalue weighted by atomic mass is 32.2. The van der Waals surface area contributed by atoms with Gasteiger partial charge in [-0.3, -0.25) is 4.79 Å². The molecule has 0 saturated heterocycles. The highest BCUT2D eigenvalue weighted by Gasteiger charge is 2.15. The van der Waals surface area contributed by atoms with Gasteiger partial charge < -0.3 is 14.8 Å². The van der Waals surface area contributed by atoms with E-state index in [-0.39, 0.29) is 12.7 Å². The van der Waals surface area contributed by atoms with E-state index in [1.807, 2.05) is 6.07 Å². The van der Waals surface area contributed by atoms with Gasteiger partial charge in [-0.25, -0.2) is 4.98 Å². The molecule has 2 heterocycles. The SMILES string of the molecule is CCc1cc2ccc(C)cc2nc1SCC(=O)Nc1ccc2c(c1)OCO2. The number of hydrogen-bond acceptors (Lipinski definition) is 5. The van der Waals surface area contributed by atoms with Crippen molar-refractivity contribution in [1.82, 2.24) is 4.98 Å². The summed E-state index contributed by atoms with van der Waals surface area (Å²) in [6, 6.07) is 13.8. The van der Waals surface area contributed by atoms with Crippen LogP contribution in [0.4, 0.5) is 5.69 Å². The molecule has 0 fully saturated rings. The summed E-state index contributed by atoms with van der Waals surface area (Å²) in [5.74, 6) is 1.57. The summed E-state index contributed by atoms with van der Waals surface area (Å²) in [5, 5.41) is 4.95. The van der Waals surface area contributed by atoms with E-state index in [0.717, 1.165) is 27.9 Å². The highest BCUT2D eigenvalue weighted by Crippen LogP contribution is 2.34. The van der Waals surface area contributed by atoms with Crippen LogP contribution in [-0.2, 0) is 11.2 Å². The molecular weight excluding hydrogens is 360 g/mol. The molecule has 5 nitrogen and oxygen atoms in total. The van der Waals surface area contributed by atoms with Crippen molar-refractivity contribution in [2.24, 2.45) is 0 Å². The molecule has 27 heavy (non-hydrogen) atoms. The third-order valence-corrected chi connectivity index (χ3v) is 5.42. The Labute approximate surface area is 162 Å². The number of nitrogens with one attached hydrogen (secondary N) is 1. The van der Waals surface area contributed by atoms with Crippen LogP contribution < -0.4 is 14.8 Å². The number of aromatic nitrogens is 1. The van der Waals surface area contributed by atoms with Crippen molar-refractivity contribution in [3.05, 3.63) is 53.6 Å². The van der Waals surface area contributed by atoms with E-state index in [1.54, 1.807) is 12.1 Å². The Kier molecular flexibility index (Phi) is 4.90. The number of aryl methyl sites for hydroxylation is 2. The van der Waals surface area contributed by atoms with Crippen molar-refractivity contribution in [3.8, 4) is 11.5 Å². The first-order valence-corrected chi connectivity index (χ1v) is 9.83. The Morgan fingerprint density at radius 1 is 1.15 bits per heavy atom. The number of thioether (sulfide) groups is 1. The average Bonchev–Trinajstić information content (AvgIpc) is 3.13. The second-order valence-electron chi connectivity index (χ2n) is 6.41. The first kappa shape index (κ1) is 17.7. The molecule has 0 aliphatic carbocycles. The van der Waals surface area contributed by atoms with E-state index >= 15 is 0 Å². The Balaban J connectivity index is 1.46. The van der Waals surface area contributed by atoms with Crippen LogP contribution in [-0.4, -0.2) is 23.4 Å². The first-order valence-electron chi connectivity index (χ1n) is 8.85. The highest BCUT2D eigenvalue weighted by molar-refractivity contribution is 8.00. The molecule has 0 unspecified atom stereocenters. The number of rotatable bonds is 5. The van der Waals surface area contributed by atoms with Gasteiger partial charge in [-0.15, -0.1) is 0 Å². The molecule has 1 N–H and O–H groups in total. The second kappa shape index (κ2) is 7.48. The molecule has 0 radical (unpaired) electrons. The third-order valence-electron chi connectivity index (χ3n) is 4.39. The smallest absolute Gasteiger partial charge is 0.234 e. The number of amides is 1. The maximum atomic E-state index is 12.4.